The quantitative estimate of drug-likeness (QED) is 0.459. The molecule has 184 valence electrons. The minimum Gasteiger partial charge on any atom is -0.364 e. The number of halogens is 3. The summed E-state index contributed by atoms with van der Waals surface area (Å²) < 4.78 is 16.1. The summed E-state index contributed by atoms with van der Waals surface area (Å²) in [6.07, 6.45) is 5.61. The Bertz CT molecular complexity index is 1140. The maximum absolute atomic E-state index is 14.5. The summed E-state index contributed by atoms with van der Waals surface area (Å²) in [5.74, 6) is 2.20. The predicted octanol–water partition coefficient (Wildman–Crippen LogP) is 3.45. The van der Waals surface area contributed by atoms with E-state index < -0.39 is 0 Å². The van der Waals surface area contributed by atoms with Gasteiger partial charge >= 0.3 is 0 Å². The van der Waals surface area contributed by atoms with Crippen molar-refractivity contribution >= 4 is 53.9 Å². The van der Waals surface area contributed by atoms with Crippen molar-refractivity contribution in [3.63, 3.8) is 0 Å². The van der Waals surface area contributed by atoms with Gasteiger partial charge in [-0.05, 0) is 44.2 Å². The molecule has 1 aliphatic heterocycles. The maximum Gasteiger partial charge on any atom is 0.230 e. The van der Waals surface area contributed by atoms with Crippen molar-refractivity contribution in [2.24, 2.45) is 7.05 Å². The Morgan fingerprint density at radius 3 is 2.62 bits per heavy atom. The van der Waals surface area contributed by atoms with Crippen LogP contribution in [0.4, 0.5) is 33.5 Å². The smallest absolute Gasteiger partial charge is 0.230 e. The average molecular weight is 511 g/mol. The lowest BCUT2D eigenvalue weighted by molar-refractivity contribution is 0.484. The standard InChI is InChI=1S/C21H27FN10.2ClH/c1-12-10-32(7-6-23-12)16-9-24-21(28-20(16)26-18-11-31(3)30-29-18)27-17-8-15(14-4-5-14)19(22)13(2)25-17;;/h8-9,11-12,14,23H,4-7,10H2,1-3H3,(H2,24,25,26,27,28);2*1H/t12-;;/m1../s1. The van der Waals surface area contributed by atoms with Crippen LogP contribution in [-0.2, 0) is 7.05 Å². The first-order valence-corrected chi connectivity index (χ1v) is 10.9. The molecular weight excluding hydrogens is 482 g/mol. The van der Waals surface area contributed by atoms with Crippen LogP contribution in [0.5, 0.6) is 0 Å². The molecule has 34 heavy (non-hydrogen) atoms. The summed E-state index contributed by atoms with van der Waals surface area (Å²) in [4.78, 5) is 15.8. The molecule has 2 fully saturated rings. The number of rotatable bonds is 6. The Labute approximate surface area is 210 Å². The van der Waals surface area contributed by atoms with E-state index in [0.29, 0.717) is 40.7 Å². The molecule has 3 aromatic rings. The highest BCUT2D eigenvalue weighted by molar-refractivity contribution is 5.85. The van der Waals surface area contributed by atoms with Gasteiger partial charge in [0.2, 0.25) is 5.95 Å². The van der Waals surface area contributed by atoms with Crippen molar-refractivity contribution in [1.82, 2.24) is 35.3 Å². The average Bonchev–Trinajstić information content (AvgIpc) is 3.52. The highest BCUT2D eigenvalue weighted by atomic mass is 35.5. The number of nitrogens with zero attached hydrogens (tertiary/aromatic N) is 7. The van der Waals surface area contributed by atoms with E-state index >= 15 is 0 Å². The predicted molar refractivity (Wildman–Crippen MR) is 135 cm³/mol. The third-order valence-electron chi connectivity index (χ3n) is 5.74. The van der Waals surface area contributed by atoms with Crippen molar-refractivity contribution in [1.29, 1.82) is 0 Å². The summed E-state index contributed by atoms with van der Waals surface area (Å²) in [5, 5.41) is 18.0. The van der Waals surface area contributed by atoms with Crippen LogP contribution in [0.1, 0.15) is 36.9 Å². The molecule has 1 saturated carbocycles. The van der Waals surface area contributed by atoms with Crippen molar-refractivity contribution < 1.29 is 4.39 Å². The molecule has 13 heteroatoms. The van der Waals surface area contributed by atoms with Crippen LogP contribution in [0.2, 0.25) is 0 Å². The van der Waals surface area contributed by atoms with Gasteiger partial charge in [0.05, 0.1) is 23.8 Å². The normalized spacial score (nSPS) is 17.5. The number of nitrogens with one attached hydrogen (secondary N) is 3. The molecule has 0 amide bonds. The van der Waals surface area contributed by atoms with Gasteiger partial charge in [0.25, 0.3) is 0 Å². The lowest BCUT2D eigenvalue weighted by Gasteiger charge is -2.34. The zero-order valence-corrected chi connectivity index (χ0v) is 20.9. The third kappa shape index (κ3) is 5.65. The first-order chi connectivity index (χ1) is 15.5. The topological polar surface area (TPSA) is 109 Å². The molecule has 5 rings (SSSR count). The maximum atomic E-state index is 14.5. The summed E-state index contributed by atoms with van der Waals surface area (Å²) >= 11 is 0. The lowest BCUT2D eigenvalue weighted by atomic mass is 10.1. The zero-order valence-electron chi connectivity index (χ0n) is 19.2. The fourth-order valence-electron chi connectivity index (χ4n) is 3.99. The van der Waals surface area contributed by atoms with E-state index in [9.17, 15) is 4.39 Å². The number of hydrogen-bond donors (Lipinski definition) is 3. The first-order valence-electron chi connectivity index (χ1n) is 10.9. The SMILES string of the molecule is Cc1nc(Nc2ncc(N3CCN[C@H](C)C3)c(Nc3cn(C)nn3)n2)cc(C2CC2)c1F.Cl.Cl. The van der Waals surface area contributed by atoms with E-state index in [1.165, 1.54) is 0 Å². The molecule has 10 nitrogen and oxygen atoms in total. The molecule has 0 radical (unpaired) electrons. The lowest BCUT2D eigenvalue weighted by Crippen LogP contribution is -2.49. The van der Waals surface area contributed by atoms with Gasteiger partial charge in [-0.2, -0.15) is 4.98 Å². The Morgan fingerprint density at radius 1 is 1.15 bits per heavy atom. The van der Waals surface area contributed by atoms with Crippen LogP contribution in [0, 0.1) is 12.7 Å². The molecule has 0 spiro atoms. The molecule has 1 aliphatic carbocycles. The highest BCUT2D eigenvalue weighted by Gasteiger charge is 2.28. The highest BCUT2D eigenvalue weighted by Crippen LogP contribution is 2.42. The van der Waals surface area contributed by atoms with Crippen LogP contribution in [0.3, 0.4) is 0 Å². The fraction of sp³-hybridized carbons (Fsp3) is 0.476. The van der Waals surface area contributed by atoms with E-state index in [-0.39, 0.29) is 36.5 Å². The molecule has 0 unspecified atom stereocenters. The van der Waals surface area contributed by atoms with Crippen LogP contribution in [0.15, 0.2) is 18.5 Å². The number of aromatic nitrogens is 6. The van der Waals surface area contributed by atoms with E-state index in [1.807, 2.05) is 7.05 Å². The number of pyridine rings is 1. The van der Waals surface area contributed by atoms with E-state index in [0.717, 1.165) is 38.2 Å². The van der Waals surface area contributed by atoms with Crippen LogP contribution >= 0.6 is 24.8 Å². The summed E-state index contributed by atoms with van der Waals surface area (Å²) in [6, 6.07) is 2.13. The van der Waals surface area contributed by atoms with Gasteiger partial charge in [-0.15, -0.1) is 29.9 Å². The summed E-state index contributed by atoms with van der Waals surface area (Å²) in [5.41, 5.74) is 1.97. The minimum absolute atomic E-state index is 0. The van der Waals surface area contributed by atoms with Gasteiger partial charge in [0.1, 0.15) is 11.6 Å². The number of hydrogen-bond acceptors (Lipinski definition) is 9. The van der Waals surface area contributed by atoms with Crippen LogP contribution in [-0.4, -0.2) is 55.6 Å². The van der Waals surface area contributed by atoms with E-state index in [2.05, 4.69) is 48.1 Å². The summed E-state index contributed by atoms with van der Waals surface area (Å²) in [7, 11) is 1.81. The van der Waals surface area contributed by atoms with Crippen LogP contribution < -0.4 is 20.9 Å². The van der Waals surface area contributed by atoms with Gasteiger partial charge < -0.3 is 20.9 Å². The molecule has 3 N–H and O–H groups in total. The first kappa shape index (κ1) is 25.9. The molecular formula is C21H29Cl2FN10. The fourth-order valence-corrected chi connectivity index (χ4v) is 3.99. The van der Waals surface area contributed by atoms with Crippen molar-refractivity contribution in [3.8, 4) is 0 Å². The van der Waals surface area contributed by atoms with Gasteiger partial charge in [0.15, 0.2) is 11.6 Å². The van der Waals surface area contributed by atoms with E-state index in [4.69, 9.17) is 4.98 Å². The number of aryl methyl sites for hydroxylation is 2. The van der Waals surface area contributed by atoms with Gasteiger partial charge in [-0.1, -0.05) is 5.21 Å². The Kier molecular flexibility index (Phi) is 8.11. The second-order valence-corrected chi connectivity index (χ2v) is 8.53. The minimum atomic E-state index is -0.216. The molecule has 1 atom stereocenters. The van der Waals surface area contributed by atoms with Crippen LogP contribution in [0.25, 0.3) is 0 Å². The number of anilines is 5. The molecule has 1 saturated heterocycles. The van der Waals surface area contributed by atoms with Crippen molar-refractivity contribution in [2.45, 2.75) is 38.6 Å². The molecule has 4 heterocycles. The second kappa shape index (κ2) is 10.7. The van der Waals surface area contributed by atoms with Gasteiger partial charge in [-0.25, -0.2) is 14.4 Å². The largest absolute Gasteiger partial charge is 0.364 e. The van der Waals surface area contributed by atoms with Gasteiger partial charge in [-0.3, -0.25) is 4.68 Å². The number of piperazine rings is 1. The summed E-state index contributed by atoms with van der Waals surface area (Å²) in [6.45, 7) is 6.41. The third-order valence-corrected chi connectivity index (χ3v) is 5.74. The molecule has 3 aromatic heterocycles. The Hall–Kier alpha value is -2.76. The molecule has 0 bridgehead atoms. The Balaban J connectivity index is 0.00000162. The molecule has 2 aliphatic rings. The molecule has 0 aromatic carbocycles. The van der Waals surface area contributed by atoms with Gasteiger partial charge in [0, 0.05) is 32.7 Å². The van der Waals surface area contributed by atoms with Crippen molar-refractivity contribution in [3.05, 3.63) is 35.5 Å². The Morgan fingerprint density at radius 2 is 1.94 bits per heavy atom. The van der Waals surface area contributed by atoms with E-state index in [1.54, 1.807) is 30.1 Å². The zero-order chi connectivity index (χ0) is 22.2. The van der Waals surface area contributed by atoms with Crippen molar-refractivity contribution in [2.75, 3.05) is 35.2 Å². The second-order valence-electron chi connectivity index (χ2n) is 8.53. The monoisotopic (exact) mass is 510 g/mol.